The Hall–Kier alpha value is -0.930. The lowest BCUT2D eigenvalue weighted by atomic mass is 10.2. The van der Waals surface area contributed by atoms with Crippen LogP contribution in [0.5, 0.6) is 0 Å². The van der Waals surface area contributed by atoms with Gasteiger partial charge in [0.25, 0.3) is 5.91 Å². The van der Waals surface area contributed by atoms with Crippen molar-refractivity contribution >= 4 is 34.7 Å². The highest BCUT2D eigenvalue weighted by Gasteiger charge is 2.04. The highest BCUT2D eigenvalue weighted by atomic mass is 35.5. The number of hydrogen-bond acceptors (Lipinski definition) is 2. The maximum Gasteiger partial charge on any atom is 0.256 e. The van der Waals surface area contributed by atoms with Gasteiger partial charge in [-0.05, 0) is 25.1 Å². The Morgan fingerprint density at radius 1 is 1.54 bits per heavy atom. The molecule has 0 aliphatic heterocycles. The lowest BCUT2D eigenvalue weighted by molar-refractivity contribution is 0.0977. The van der Waals surface area contributed by atoms with E-state index < -0.39 is 0 Å². The van der Waals surface area contributed by atoms with Crippen LogP contribution in [0.25, 0.3) is 0 Å². The fourth-order valence-corrected chi connectivity index (χ4v) is 1.14. The Balaban J connectivity index is 2.83. The fraction of sp³-hybridized carbons (Fsp3) is 0.111. The van der Waals surface area contributed by atoms with Crippen LogP contribution >= 0.6 is 23.8 Å². The zero-order chi connectivity index (χ0) is 9.84. The van der Waals surface area contributed by atoms with Crippen molar-refractivity contribution in [2.24, 2.45) is 0 Å². The maximum atomic E-state index is 11.4. The number of rotatable bonds is 1. The maximum absolute atomic E-state index is 11.4. The van der Waals surface area contributed by atoms with Gasteiger partial charge in [-0.3, -0.25) is 4.79 Å². The summed E-state index contributed by atoms with van der Waals surface area (Å²) in [5, 5.41) is 3.06. The lowest BCUT2D eigenvalue weighted by Gasteiger charge is -2.02. The van der Waals surface area contributed by atoms with E-state index in [0.717, 1.165) is 0 Å². The average molecular weight is 214 g/mol. The molecule has 1 aromatic rings. The van der Waals surface area contributed by atoms with Crippen molar-refractivity contribution in [3.8, 4) is 0 Å². The van der Waals surface area contributed by atoms with Crippen LogP contribution in [0.1, 0.15) is 17.3 Å². The number of carbonyl (C=O) groups is 1. The van der Waals surface area contributed by atoms with Crippen LogP contribution in [-0.2, 0) is 0 Å². The van der Waals surface area contributed by atoms with Crippen molar-refractivity contribution in [3.05, 3.63) is 34.9 Å². The number of thiocarbonyl (C=S) groups is 1. The van der Waals surface area contributed by atoms with Crippen LogP contribution in [0, 0.1) is 0 Å². The zero-order valence-corrected chi connectivity index (χ0v) is 8.58. The molecule has 0 saturated heterocycles. The van der Waals surface area contributed by atoms with Crippen LogP contribution in [0.2, 0.25) is 5.02 Å². The number of carbonyl (C=O) groups excluding carboxylic acids is 1. The quantitative estimate of drug-likeness (QED) is 0.726. The first-order chi connectivity index (χ1) is 6.09. The van der Waals surface area contributed by atoms with E-state index in [1.165, 1.54) is 0 Å². The predicted molar refractivity (Wildman–Crippen MR) is 57.2 cm³/mol. The van der Waals surface area contributed by atoms with Crippen LogP contribution in [0.3, 0.4) is 0 Å². The minimum Gasteiger partial charge on any atom is -0.317 e. The molecule has 0 spiro atoms. The summed E-state index contributed by atoms with van der Waals surface area (Å²) in [5.41, 5.74) is 0.511. The van der Waals surface area contributed by atoms with Crippen LogP contribution < -0.4 is 5.32 Å². The molecule has 0 aliphatic carbocycles. The topological polar surface area (TPSA) is 29.1 Å². The van der Waals surface area contributed by atoms with Gasteiger partial charge in [-0.1, -0.05) is 29.9 Å². The number of halogens is 1. The first-order valence-electron chi connectivity index (χ1n) is 3.67. The Morgan fingerprint density at radius 3 is 2.77 bits per heavy atom. The van der Waals surface area contributed by atoms with Crippen molar-refractivity contribution < 1.29 is 4.79 Å². The summed E-state index contributed by atoms with van der Waals surface area (Å²) in [6.07, 6.45) is 0. The molecule has 68 valence electrons. The molecule has 0 aromatic heterocycles. The standard InChI is InChI=1S/C9H8ClNOS/c1-6(13)11-9(12)7-3-2-4-8(10)5-7/h2-5H,1H3,(H,11,12,13). The highest BCUT2D eigenvalue weighted by molar-refractivity contribution is 7.80. The molecular formula is C9H8ClNOS. The van der Waals surface area contributed by atoms with Gasteiger partial charge in [0.2, 0.25) is 0 Å². The zero-order valence-electron chi connectivity index (χ0n) is 7.00. The van der Waals surface area contributed by atoms with Gasteiger partial charge in [-0.25, -0.2) is 0 Å². The van der Waals surface area contributed by atoms with Gasteiger partial charge in [0.1, 0.15) is 0 Å². The van der Waals surface area contributed by atoms with Crippen LogP contribution in [0.4, 0.5) is 0 Å². The molecule has 0 aliphatic rings. The normalized spacial score (nSPS) is 9.38. The Kier molecular flexibility index (Phi) is 3.39. The van der Waals surface area contributed by atoms with Crippen molar-refractivity contribution in [2.75, 3.05) is 0 Å². The Morgan fingerprint density at radius 2 is 2.23 bits per heavy atom. The third kappa shape index (κ3) is 3.13. The molecule has 0 radical (unpaired) electrons. The minimum atomic E-state index is -0.227. The summed E-state index contributed by atoms with van der Waals surface area (Å²) in [5.74, 6) is -0.227. The smallest absolute Gasteiger partial charge is 0.256 e. The largest absolute Gasteiger partial charge is 0.317 e. The van der Waals surface area contributed by atoms with Gasteiger partial charge in [0, 0.05) is 10.6 Å². The van der Waals surface area contributed by atoms with Crippen molar-refractivity contribution in [1.29, 1.82) is 0 Å². The summed E-state index contributed by atoms with van der Waals surface area (Å²) < 4.78 is 0. The van der Waals surface area contributed by atoms with Crippen molar-refractivity contribution in [2.45, 2.75) is 6.92 Å². The molecule has 0 atom stereocenters. The van der Waals surface area contributed by atoms with Crippen molar-refractivity contribution in [1.82, 2.24) is 5.32 Å². The summed E-state index contributed by atoms with van der Waals surface area (Å²) >= 11 is 10.5. The number of nitrogens with one attached hydrogen (secondary N) is 1. The molecule has 13 heavy (non-hydrogen) atoms. The van der Waals surface area contributed by atoms with E-state index in [1.807, 2.05) is 0 Å². The summed E-state index contributed by atoms with van der Waals surface area (Å²) in [4.78, 5) is 11.8. The second kappa shape index (κ2) is 4.35. The average Bonchev–Trinajstić information content (AvgIpc) is 2.03. The second-order valence-corrected chi connectivity index (χ2v) is 3.57. The lowest BCUT2D eigenvalue weighted by Crippen LogP contribution is -2.26. The number of benzene rings is 1. The van der Waals surface area contributed by atoms with Crippen LogP contribution in [0.15, 0.2) is 24.3 Å². The molecule has 4 heteroatoms. The molecule has 0 unspecified atom stereocenters. The van der Waals surface area contributed by atoms with Gasteiger partial charge >= 0.3 is 0 Å². The van der Waals surface area contributed by atoms with E-state index in [4.69, 9.17) is 23.8 Å². The molecule has 0 saturated carbocycles. The predicted octanol–water partition coefficient (Wildman–Crippen LogP) is 2.42. The van der Waals surface area contributed by atoms with Gasteiger partial charge in [-0.15, -0.1) is 0 Å². The second-order valence-electron chi connectivity index (χ2n) is 2.52. The number of amides is 1. The third-order valence-corrected chi connectivity index (χ3v) is 1.71. The van der Waals surface area contributed by atoms with Gasteiger partial charge < -0.3 is 5.32 Å². The molecule has 0 bridgehead atoms. The molecular weight excluding hydrogens is 206 g/mol. The monoisotopic (exact) mass is 213 g/mol. The van der Waals surface area contributed by atoms with Crippen LogP contribution in [-0.4, -0.2) is 10.9 Å². The van der Waals surface area contributed by atoms with Crippen molar-refractivity contribution in [3.63, 3.8) is 0 Å². The highest BCUT2D eigenvalue weighted by Crippen LogP contribution is 2.10. The summed E-state index contributed by atoms with van der Waals surface area (Å²) in [6.45, 7) is 1.65. The molecule has 1 aromatic carbocycles. The Labute approximate surface area is 86.9 Å². The molecule has 1 N–H and O–H groups in total. The van der Waals surface area contributed by atoms with E-state index in [0.29, 0.717) is 15.6 Å². The molecule has 1 amide bonds. The molecule has 0 heterocycles. The van der Waals surface area contributed by atoms with Gasteiger partial charge in [-0.2, -0.15) is 0 Å². The third-order valence-electron chi connectivity index (χ3n) is 1.38. The first kappa shape index (κ1) is 10.2. The fourth-order valence-electron chi connectivity index (χ4n) is 0.862. The minimum absolute atomic E-state index is 0.227. The molecule has 1 rings (SSSR count). The molecule has 0 fully saturated rings. The summed E-state index contributed by atoms with van der Waals surface area (Å²) in [6, 6.07) is 6.70. The van der Waals surface area contributed by atoms with E-state index in [1.54, 1.807) is 31.2 Å². The SMILES string of the molecule is CC(=S)NC(=O)c1cccc(Cl)c1. The van der Waals surface area contributed by atoms with E-state index in [9.17, 15) is 4.79 Å². The van der Waals surface area contributed by atoms with Gasteiger partial charge in [0.05, 0.1) is 4.99 Å². The Bertz CT molecular complexity index is 351. The first-order valence-corrected chi connectivity index (χ1v) is 4.45. The number of hydrogen-bond donors (Lipinski definition) is 1. The molecule has 2 nitrogen and oxygen atoms in total. The van der Waals surface area contributed by atoms with Gasteiger partial charge in [0.15, 0.2) is 0 Å². The van der Waals surface area contributed by atoms with E-state index >= 15 is 0 Å². The van der Waals surface area contributed by atoms with E-state index in [-0.39, 0.29) is 5.91 Å². The summed E-state index contributed by atoms with van der Waals surface area (Å²) in [7, 11) is 0. The van der Waals surface area contributed by atoms with E-state index in [2.05, 4.69) is 5.32 Å².